The van der Waals surface area contributed by atoms with Gasteiger partial charge >= 0.3 is 0 Å². The molecule has 0 aromatic carbocycles. The second-order valence-corrected chi connectivity index (χ2v) is 8.24. The smallest absolute Gasteiger partial charge is 0.225 e. The molecule has 3 rings (SSSR count). The minimum atomic E-state index is 0.203. The Morgan fingerprint density at radius 1 is 0.800 bits per heavy atom. The number of piperidine rings is 1. The standard InChI is InChI=1S/C20H35N3O2/c1-17(24)22-15-13-21(14-16-22)10-7-18-8-11-23(12-9-18)20(25)19-5-3-2-4-6-19/h18-19H,2-16H2,1H3. The van der Waals surface area contributed by atoms with E-state index in [0.717, 1.165) is 64.6 Å². The highest BCUT2D eigenvalue weighted by Gasteiger charge is 2.29. The van der Waals surface area contributed by atoms with E-state index in [1.165, 1.54) is 38.5 Å². The van der Waals surface area contributed by atoms with E-state index in [-0.39, 0.29) is 5.91 Å². The lowest BCUT2D eigenvalue weighted by Gasteiger charge is -2.37. The van der Waals surface area contributed by atoms with Crippen LogP contribution < -0.4 is 0 Å². The van der Waals surface area contributed by atoms with E-state index >= 15 is 0 Å². The summed E-state index contributed by atoms with van der Waals surface area (Å²) in [6, 6.07) is 0. The lowest BCUT2D eigenvalue weighted by Crippen LogP contribution is -2.48. The molecule has 3 aliphatic rings. The number of amides is 2. The van der Waals surface area contributed by atoms with Gasteiger partial charge in [0.1, 0.15) is 0 Å². The van der Waals surface area contributed by atoms with Crippen LogP contribution in [0.3, 0.4) is 0 Å². The van der Waals surface area contributed by atoms with E-state index in [2.05, 4.69) is 9.80 Å². The number of nitrogens with zero attached hydrogens (tertiary/aromatic N) is 3. The summed E-state index contributed by atoms with van der Waals surface area (Å²) in [6.07, 6.45) is 9.61. The topological polar surface area (TPSA) is 43.9 Å². The molecular formula is C20H35N3O2. The highest BCUT2D eigenvalue weighted by molar-refractivity contribution is 5.79. The number of carbonyl (C=O) groups excluding carboxylic acids is 2. The molecule has 2 saturated heterocycles. The van der Waals surface area contributed by atoms with Gasteiger partial charge in [-0.3, -0.25) is 14.5 Å². The Kier molecular flexibility index (Phi) is 6.74. The van der Waals surface area contributed by atoms with Gasteiger partial charge in [0.25, 0.3) is 0 Å². The predicted molar refractivity (Wildman–Crippen MR) is 99.2 cm³/mol. The third-order valence-electron chi connectivity index (χ3n) is 6.55. The summed E-state index contributed by atoms with van der Waals surface area (Å²) in [4.78, 5) is 30.6. The molecule has 0 aromatic heterocycles. The Labute approximate surface area is 152 Å². The van der Waals surface area contributed by atoms with Crippen LogP contribution >= 0.6 is 0 Å². The molecule has 0 N–H and O–H groups in total. The van der Waals surface area contributed by atoms with Gasteiger partial charge in [0.15, 0.2) is 0 Å². The quantitative estimate of drug-likeness (QED) is 0.783. The zero-order valence-electron chi connectivity index (χ0n) is 15.9. The van der Waals surface area contributed by atoms with Crippen LogP contribution in [0.1, 0.15) is 58.3 Å². The summed E-state index contributed by atoms with van der Waals surface area (Å²) in [5.41, 5.74) is 0. The van der Waals surface area contributed by atoms with Crippen LogP contribution in [-0.4, -0.2) is 72.3 Å². The molecule has 2 amide bonds. The van der Waals surface area contributed by atoms with Crippen LogP contribution in [0.5, 0.6) is 0 Å². The molecule has 0 aromatic rings. The fraction of sp³-hybridized carbons (Fsp3) is 0.900. The second-order valence-electron chi connectivity index (χ2n) is 8.24. The molecule has 5 nitrogen and oxygen atoms in total. The Morgan fingerprint density at radius 2 is 1.44 bits per heavy atom. The average Bonchev–Trinajstić information content (AvgIpc) is 2.67. The zero-order valence-corrected chi connectivity index (χ0v) is 15.9. The molecule has 0 radical (unpaired) electrons. The fourth-order valence-corrected chi connectivity index (χ4v) is 4.70. The van der Waals surface area contributed by atoms with E-state index in [9.17, 15) is 9.59 Å². The van der Waals surface area contributed by atoms with Crippen molar-refractivity contribution in [3.63, 3.8) is 0 Å². The maximum atomic E-state index is 12.6. The van der Waals surface area contributed by atoms with Crippen LogP contribution in [0.2, 0.25) is 0 Å². The molecule has 0 atom stereocenters. The van der Waals surface area contributed by atoms with Crippen molar-refractivity contribution >= 4 is 11.8 Å². The summed E-state index contributed by atoms with van der Waals surface area (Å²) in [5, 5.41) is 0. The second kappa shape index (κ2) is 9.02. The van der Waals surface area contributed by atoms with Gasteiger partial charge in [-0.25, -0.2) is 0 Å². The molecule has 5 heteroatoms. The molecule has 2 aliphatic heterocycles. The van der Waals surface area contributed by atoms with E-state index in [4.69, 9.17) is 0 Å². The number of carbonyl (C=O) groups is 2. The Balaban J connectivity index is 1.33. The lowest BCUT2D eigenvalue weighted by molar-refractivity contribution is -0.138. The monoisotopic (exact) mass is 349 g/mol. The Bertz CT molecular complexity index is 446. The Morgan fingerprint density at radius 3 is 2.04 bits per heavy atom. The molecule has 25 heavy (non-hydrogen) atoms. The van der Waals surface area contributed by atoms with Gasteiger partial charge in [0, 0.05) is 52.1 Å². The lowest BCUT2D eigenvalue weighted by atomic mass is 9.87. The largest absolute Gasteiger partial charge is 0.342 e. The van der Waals surface area contributed by atoms with E-state index in [1.54, 1.807) is 6.92 Å². The number of hydrogen-bond donors (Lipinski definition) is 0. The van der Waals surface area contributed by atoms with Gasteiger partial charge in [-0.2, -0.15) is 0 Å². The summed E-state index contributed by atoms with van der Waals surface area (Å²) in [7, 11) is 0. The molecule has 0 unspecified atom stereocenters. The fourth-order valence-electron chi connectivity index (χ4n) is 4.70. The minimum absolute atomic E-state index is 0.203. The first kappa shape index (κ1) is 18.7. The van der Waals surface area contributed by atoms with Crippen LogP contribution in [0.25, 0.3) is 0 Å². The van der Waals surface area contributed by atoms with Gasteiger partial charge in [-0.15, -0.1) is 0 Å². The molecule has 0 bridgehead atoms. The highest BCUT2D eigenvalue weighted by atomic mass is 16.2. The first-order valence-electron chi connectivity index (χ1n) is 10.4. The third kappa shape index (κ3) is 5.19. The van der Waals surface area contributed by atoms with E-state index in [1.807, 2.05) is 4.90 Å². The van der Waals surface area contributed by atoms with Gasteiger partial charge in [-0.1, -0.05) is 19.3 Å². The van der Waals surface area contributed by atoms with Crippen molar-refractivity contribution in [3.8, 4) is 0 Å². The summed E-state index contributed by atoms with van der Waals surface area (Å²) in [5.74, 6) is 1.73. The van der Waals surface area contributed by atoms with Crippen molar-refractivity contribution in [2.45, 2.75) is 58.3 Å². The summed E-state index contributed by atoms with van der Waals surface area (Å²) >= 11 is 0. The first-order chi connectivity index (χ1) is 12.1. The van der Waals surface area contributed by atoms with Crippen LogP contribution in [0.15, 0.2) is 0 Å². The van der Waals surface area contributed by atoms with Gasteiger partial charge in [0.05, 0.1) is 0 Å². The number of rotatable bonds is 4. The first-order valence-corrected chi connectivity index (χ1v) is 10.4. The van der Waals surface area contributed by atoms with Crippen molar-refractivity contribution in [2.75, 3.05) is 45.8 Å². The van der Waals surface area contributed by atoms with Gasteiger partial charge in [0.2, 0.25) is 11.8 Å². The SMILES string of the molecule is CC(=O)N1CCN(CCC2CCN(C(=O)C3CCCCC3)CC2)CC1. The highest BCUT2D eigenvalue weighted by Crippen LogP contribution is 2.28. The molecule has 1 aliphatic carbocycles. The molecule has 2 heterocycles. The van der Waals surface area contributed by atoms with Crippen molar-refractivity contribution in [1.82, 2.24) is 14.7 Å². The predicted octanol–water partition coefficient (Wildman–Crippen LogP) is 2.36. The van der Waals surface area contributed by atoms with Crippen molar-refractivity contribution in [1.29, 1.82) is 0 Å². The molecule has 0 spiro atoms. The summed E-state index contributed by atoms with van der Waals surface area (Å²) in [6.45, 7) is 8.53. The van der Waals surface area contributed by atoms with Crippen molar-refractivity contribution < 1.29 is 9.59 Å². The van der Waals surface area contributed by atoms with E-state index in [0.29, 0.717) is 11.8 Å². The number of likely N-dealkylation sites (tertiary alicyclic amines) is 1. The molecule has 3 fully saturated rings. The molecule has 142 valence electrons. The normalized spacial score (nSPS) is 24.5. The maximum Gasteiger partial charge on any atom is 0.225 e. The summed E-state index contributed by atoms with van der Waals surface area (Å²) < 4.78 is 0. The number of piperazine rings is 1. The Hall–Kier alpha value is -1.10. The molecular weight excluding hydrogens is 314 g/mol. The van der Waals surface area contributed by atoms with Crippen LogP contribution in [0, 0.1) is 11.8 Å². The minimum Gasteiger partial charge on any atom is -0.342 e. The average molecular weight is 350 g/mol. The van der Waals surface area contributed by atoms with Crippen molar-refractivity contribution in [3.05, 3.63) is 0 Å². The zero-order chi connectivity index (χ0) is 17.6. The maximum absolute atomic E-state index is 12.6. The van der Waals surface area contributed by atoms with Crippen LogP contribution in [0.4, 0.5) is 0 Å². The molecule has 1 saturated carbocycles. The third-order valence-corrected chi connectivity index (χ3v) is 6.55. The van der Waals surface area contributed by atoms with E-state index < -0.39 is 0 Å². The van der Waals surface area contributed by atoms with Gasteiger partial charge < -0.3 is 9.80 Å². The van der Waals surface area contributed by atoms with Gasteiger partial charge in [-0.05, 0) is 44.6 Å². The van der Waals surface area contributed by atoms with Crippen molar-refractivity contribution in [2.24, 2.45) is 11.8 Å². The van der Waals surface area contributed by atoms with Crippen LogP contribution in [-0.2, 0) is 9.59 Å². The number of hydrogen-bond acceptors (Lipinski definition) is 3.